The van der Waals surface area contributed by atoms with Crippen LogP contribution in [0.2, 0.25) is 0 Å². The van der Waals surface area contributed by atoms with Crippen molar-refractivity contribution in [3.63, 3.8) is 0 Å². The average Bonchev–Trinajstić information content (AvgIpc) is 2.87. The fraction of sp³-hybridized carbons (Fsp3) is 0.467. The Hall–Kier alpha value is -2.52. The second-order valence-electron chi connectivity index (χ2n) is 9.15. The fourth-order valence-corrected chi connectivity index (χ4v) is 5.02. The minimum atomic E-state index is 0.142. The van der Waals surface area contributed by atoms with E-state index >= 15 is 0 Å². The smallest absolute Gasteiger partial charge is 0.123 e. The molecule has 3 atom stereocenters. The monoisotopic (exact) mass is 446 g/mol. The van der Waals surface area contributed by atoms with E-state index < -0.39 is 0 Å². The van der Waals surface area contributed by atoms with E-state index in [1.54, 1.807) is 0 Å². The van der Waals surface area contributed by atoms with Crippen molar-refractivity contribution < 1.29 is 14.2 Å². The molecule has 3 heteroatoms. The fourth-order valence-electron chi connectivity index (χ4n) is 5.02. The lowest BCUT2D eigenvalue weighted by Gasteiger charge is -2.39. The Balaban J connectivity index is 1.54. The molecule has 2 aliphatic rings. The van der Waals surface area contributed by atoms with Crippen LogP contribution in [-0.4, -0.2) is 19.3 Å². The molecule has 0 N–H and O–H groups in total. The third-order valence-corrected chi connectivity index (χ3v) is 6.86. The van der Waals surface area contributed by atoms with Gasteiger partial charge in [-0.3, -0.25) is 0 Å². The van der Waals surface area contributed by atoms with E-state index in [1.165, 1.54) is 35.1 Å². The molecule has 0 amide bonds. The number of ether oxygens (including phenoxy) is 3. The number of rotatable bonds is 10. The number of benzene rings is 2. The molecule has 1 aliphatic heterocycles. The summed E-state index contributed by atoms with van der Waals surface area (Å²) in [4.78, 5) is 0. The summed E-state index contributed by atoms with van der Waals surface area (Å²) < 4.78 is 18.9. The molecule has 33 heavy (non-hydrogen) atoms. The summed E-state index contributed by atoms with van der Waals surface area (Å²) in [6.45, 7) is 8.51. The molecule has 1 fully saturated rings. The number of allylic oxidation sites excluding steroid dienone is 2. The predicted molar refractivity (Wildman–Crippen MR) is 134 cm³/mol. The second-order valence-corrected chi connectivity index (χ2v) is 9.15. The molecule has 2 aromatic rings. The van der Waals surface area contributed by atoms with E-state index in [0.717, 1.165) is 37.4 Å². The zero-order valence-corrected chi connectivity index (χ0v) is 20.4. The first-order valence-corrected chi connectivity index (χ1v) is 12.7. The molecule has 0 spiro atoms. The molecule has 0 saturated carbocycles. The molecule has 1 aliphatic carbocycles. The minimum Gasteiger partial charge on any atom is -0.498 e. The molecule has 176 valence electrons. The lowest BCUT2D eigenvalue weighted by molar-refractivity contribution is -0.00723. The van der Waals surface area contributed by atoms with Crippen LogP contribution in [0.15, 0.2) is 72.0 Å². The molecule has 1 saturated heterocycles. The topological polar surface area (TPSA) is 27.7 Å². The third kappa shape index (κ3) is 5.70. The highest BCUT2D eigenvalue weighted by molar-refractivity contribution is 5.42. The summed E-state index contributed by atoms with van der Waals surface area (Å²) in [6.07, 6.45) is 10.1. The Bertz CT molecular complexity index is 960. The van der Waals surface area contributed by atoms with Gasteiger partial charge in [0.15, 0.2) is 0 Å². The van der Waals surface area contributed by atoms with Crippen LogP contribution >= 0.6 is 0 Å². The molecular formula is C30H38O3. The Kier molecular flexibility index (Phi) is 8.28. The highest BCUT2D eigenvalue weighted by Gasteiger charge is 2.37. The van der Waals surface area contributed by atoms with Gasteiger partial charge in [-0.2, -0.15) is 0 Å². The maximum atomic E-state index is 6.56. The van der Waals surface area contributed by atoms with Crippen LogP contribution in [0.5, 0.6) is 5.75 Å². The summed E-state index contributed by atoms with van der Waals surface area (Å²) >= 11 is 0. The van der Waals surface area contributed by atoms with Gasteiger partial charge in [0.25, 0.3) is 0 Å². The zero-order valence-electron chi connectivity index (χ0n) is 20.4. The Morgan fingerprint density at radius 3 is 2.55 bits per heavy atom. The molecule has 0 bridgehead atoms. The van der Waals surface area contributed by atoms with Crippen LogP contribution in [0.4, 0.5) is 0 Å². The Morgan fingerprint density at radius 2 is 1.79 bits per heavy atom. The summed E-state index contributed by atoms with van der Waals surface area (Å²) in [5.41, 5.74) is 5.14. The predicted octanol–water partition coefficient (Wildman–Crippen LogP) is 7.37. The van der Waals surface area contributed by atoms with Crippen molar-refractivity contribution in [2.45, 2.75) is 71.5 Å². The van der Waals surface area contributed by atoms with Crippen LogP contribution in [-0.2, 0) is 22.5 Å². The maximum absolute atomic E-state index is 6.56. The van der Waals surface area contributed by atoms with Gasteiger partial charge in [-0.25, -0.2) is 0 Å². The lowest BCUT2D eigenvalue weighted by Crippen LogP contribution is -2.36. The lowest BCUT2D eigenvalue weighted by atomic mass is 9.78. The molecule has 3 nitrogen and oxygen atoms in total. The standard InChI is InChI=1S/C30H38O3/c1-4-7-13-27-28(31-6-3)17-15-24-19-25(21-33-30(24)27)26-16-14-22(5-2)18-29(26)32-20-23-11-9-8-10-12-23/h8-12,14-18,25,27,30H,4-7,13,19-21H2,1-3H3/t25-,27?,30?/m1/s1. The molecule has 0 aromatic heterocycles. The molecular weight excluding hydrogens is 408 g/mol. The van der Waals surface area contributed by atoms with Crippen LogP contribution < -0.4 is 4.74 Å². The molecule has 2 aromatic carbocycles. The number of hydrogen-bond donors (Lipinski definition) is 0. The molecule has 0 radical (unpaired) electrons. The summed E-state index contributed by atoms with van der Waals surface area (Å²) in [7, 11) is 0. The Morgan fingerprint density at radius 1 is 0.939 bits per heavy atom. The van der Waals surface area contributed by atoms with E-state index in [2.05, 4.69) is 75.4 Å². The van der Waals surface area contributed by atoms with Crippen molar-refractivity contribution in [3.8, 4) is 5.75 Å². The normalized spacial score (nSPS) is 22.2. The summed E-state index contributed by atoms with van der Waals surface area (Å²) in [5.74, 6) is 2.73. The number of hydrogen-bond acceptors (Lipinski definition) is 3. The Labute approximate surface area is 199 Å². The molecule has 1 heterocycles. The van der Waals surface area contributed by atoms with Gasteiger partial charge >= 0.3 is 0 Å². The van der Waals surface area contributed by atoms with Gasteiger partial charge in [0, 0.05) is 11.8 Å². The first kappa shape index (κ1) is 23.6. The van der Waals surface area contributed by atoms with Crippen molar-refractivity contribution >= 4 is 0 Å². The van der Waals surface area contributed by atoms with Gasteiger partial charge in [0.2, 0.25) is 0 Å². The molecule has 2 unspecified atom stereocenters. The zero-order chi connectivity index (χ0) is 23.0. The van der Waals surface area contributed by atoms with Gasteiger partial charge in [-0.05, 0) is 60.6 Å². The van der Waals surface area contributed by atoms with E-state index in [1.807, 2.05) is 6.07 Å². The van der Waals surface area contributed by atoms with Gasteiger partial charge in [-0.1, -0.05) is 75.2 Å². The maximum Gasteiger partial charge on any atom is 0.123 e. The SMILES string of the molecule is CCCCC1C(OCC)=CC=C2C[C@@H](c3ccc(CC)cc3OCc3ccccc3)COC21. The van der Waals surface area contributed by atoms with Gasteiger partial charge in [-0.15, -0.1) is 0 Å². The molecule has 4 rings (SSSR count). The van der Waals surface area contributed by atoms with Crippen molar-refractivity contribution in [3.05, 3.63) is 88.7 Å². The average molecular weight is 447 g/mol. The highest BCUT2D eigenvalue weighted by atomic mass is 16.5. The second kappa shape index (κ2) is 11.6. The third-order valence-electron chi connectivity index (χ3n) is 6.86. The van der Waals surface area contributed by atoms with Crippen molar-refractivity contribution in [1.29, 1.82) is 0 Å². The van der Waals surface area contributed by atoms with E-state index in [0.29, 0.717) is 25.0 Å². The number of aryl methyl sites for hydroxylation is 1. The summed E-state index contributed by atoms with van der Waals surface area (Å²) in [6, 6.07) is 17.1. The highest BCUT2D eigenvalue weighted by Crippen LogP contribution is 2.43. The minimum absolute atomic E-state index is 0.142. The van der Waals surface area contributed by atoms with Crippen LogP contribution in [0.3, 0.4) is 0 Å². The largest absolute Gasteiger partial charge is 0.498 e. The summed E-state index contributed by atoms with van der Waals surface area (Å²) in [5, 5.41) is 0. The van der Waals surface area contributed by atoms with E-state index in [-0.39, 0.29) is 6.10 Å². The van der Waals surface area contributed by atoms with Crippen molar-refractivity contribution in [2.24, 2.45) is 5.92 Å². The van der Waals surface area contributed by atoms with Gasteiger partial charge in [0.05, 0.1) is 19.3 Å². The quantitative estimate of drug-likeness (QED) is 0.381. The number of fused-ring (bicyclic) bond motifs is 1. The van der Waals surface area contributed by atoms with Crippen molar-refractivity contribution in [2.75, 3.05) is 13.2 Å². The van der Waals surface area contributed by atoms with Crippen molar-refractivity contribution in [1.82, 2.24) is 0 Å². The van der Waals surface area contributed by atoms with Gasteiger partial charge in [0.1, 0.15) is 18.1 Å². The van der Waals surface area contributed by atoms with Crippen LogP contribution in [0, 0.1) is 5.92 Å². The van der Waals surface area contributed by atoms with Gasteiger partial charge < -0.3 is 14.2 Å². The van der Waals surface area contributed by atoms with E-state index in [9.17, 15) is 0 Å². The van der Waals surface area contributed by atoms with Crippen LogP contribution in [0.25, 0.3) is 0 Å². The van der Waals surface area contributed by atoms with E-state index in [4.69, 9.17) is 14.2 Å². The van der Waals surface area contributed by atoms with Crippen LogP contribution in [0.1, 0.15) is 69.1 Å². The number of unbranched alkanes of at least 4 members (excludes halogenated alkanes) is 1. The first-order valence-electron chi connectivity index (χ1n) is 12.7. The first-order chi connectivity index (χ1) is 16.2.